The molecule has 0 N–H and O–H groups in total. The van der Waals surface area contributed by atoms with Gasteiger partial charge in [-0.1, -0.05) is 34.8 Å². The summed E-state index contributed by atoms with van der Waals surface area (Å²) in [5.74, 6) is -0.223. The molecule has 0 aliphatic heterocycles. The number of hydrogen-bond acceptors (Lipinski definition) is 2. The van der Waals surface area contributed by atoms with E-state index < -0.39 is 0 Å². The zero-order valence-corrected chi connectivity index (χ0v) is 12.2. The molecule has 0 aliphatic rings. The number of hydrogen-bond donors (Lipinski definition) is 0. The molecule has 1 heterocycles. The average molecular weight is 316 g/mol. The van der Waals surface area contributed by atoms with E-state index in [-0.39, 0.29) is 5.78 Å². The summed E-state index contributed by atoms with van der Waals surface area (Å²) in [6.07, 6.45) is 4.52. The van der Waals surface area contributed by atoms with Crippen LogP contribution in [0.2, 0.25) is 15.1 Å². The molecule has 0 saturated heterocycles. The minimum atomic E-state index is -0.223. The van der Waals surface area contributed by atoms with Crippen molar-refractivity contribution in [3.63, 3.8) is 0 Å². The molecule has 2 rings (SSSR count). The van der Waals surface area contributed by atoms with Crippen molar-refractivity contribution < 1.29 is 4.79 Å². The van der Waals surface area contributed by atoms with Crippen LogP contribution in [-0.2, 0) is 7.05 Å². The van der Waals surface area contributed by atoms with Gasteiger partial charge in [0.2, 0.25) is 0 Å². The minimum absolute atomic E-state index is 0.223. The molecule has 0 bridgehead atoms. The lowest BCUT2D eigenvalue weighted by molar-refractivity contribution is 0.104. The van der Waals surface area contributed by atoms with Crippen molar-refractivity contribution in [3.05, 3.63) is 56.8 Å². The second-order valence-corrected chi connectivity index (χ2v) is 5.07. The minimum Gasteiger partial charge on any atom is -0.289 e. The lowest BCUT2D eigenvalue weighted by Gasteiger charge is -2.00. The molecule has 98 valence electrons. The van der Waals surface area contributed by atoms with Gasteiger partial charge < -0.3 is 0 Å². The van der Waals surface area contributed by atoms with Crippen LogP contribution in [0.1, 0.15) is 16.1 Å². The van der Waals surface area contributed by atoms with E-state index in [4.69, 9.17) is 34.8 Å². The number of carbonyl (C=O) groups is 1. The van der Waals surface area contributed by atoms with Crippen molar-refractivity contribution >= 4 is 46.7 Å². The first-order chi connectivity index (χ1) is 8.99. The first-order valence-corrected chi connectivity index (χ1v) is 6.47. The van der Waals surface area contributed by atoms with Crippen molar-refractivity contribution in [2.75, 3.05) is 0 Å². The molecule has 0 fully saturated rings. The number of halogens is 3. The number of nitrogens with zero attached hydrogens (tertiary/aromatic N) is 2. The quantitative estimate of drug-likeness (QED) is 0.626. The molecule has 2 aromatic rings. The molecule has 0 unspecified atom stereocenters. The molecule has 0 spiro atoms. The second kappa shape index (κ2) is 5.78. The lowest BCUT2D eigenvalue weighted by Crippen LogP contribution is -1.97. The number of rotatable bonds is 3. The van der Waals surface area contributed by atoms with E-state index in [1.54, 1.807) is 29.9 Å². The van der Waals surface area contributed by atoms with Gasteiger partial charge in [0.25, 0.3) is 0 Å². The topological polar surface area (TPSA) is 34.9 Å². The Bertz CT molecular complexity index is 642. The van der Waals surface area contributed by atoms with E-state index in [1.807, 2.05) is 0 Å². The Morgan fingerprint density at radius 1 is 1.26 bits per heavy atom. The molecule has 19 heavy (non-hydrogen) atoms. The summed E-state index contributed by atoms with van der Waals surface area (Å²) in [4.78, 5) is 12.0. The van der Waals surface area contributed by atoms with Crippen LogP contribution >= 0.6 is 34.8 Å². The summed E-state index contributed by atoms with van der Waals surface area (Å²) in [5, 5.41) is 5.26. The van der Waals surface area contributed by atoms with Gasteiger partial charge >= 0.3 is 0 Å². The van der Waals surface area contributed by atoms with Crippen molar-refractivity contribution in [1.82, 2.24) is 9.78 Å². The van der Waals surface area contributed by atoms with Gasteiger partial charge in [0, 0.05) is 17.6 Å². The number of aromatic nitrogens is 2. The number of carbonyl (C=O) groups excluding carboxylic acids is 1. The summed E-state index contributed by atoms with van der Waals surface area (Å²) in [6, 6.07) is 4.73. The van der Waals surface area contributed by atoms with Crippen LogP contribution < -0.4 is 0 Å². The van der Waals surface area contributed by atoms with E-state index >= 15 is 0 Å². The predicted octanol–water partition coefficient (Wildman–Crippen LogP) is 4.28. The molecular weight excluding hydrogens is 307 g/mol. The Morgan fingerprint density at radius 3 is 2.58 bits per heavy atom. The van der Waals surface area contributed by atoms with E-state index in [1.165, 1.54) is 18.3 Å². The van der Waals surface area contributed by atoms with Crippen LogP contribution in [0, 0.1) is 0 Å². The molecule has 1 aromatic heterocycles. The largest absolute Gasteiger partial charge is 0.289 e. The Hall–Kier alpha value is -1.29. The Labute approximate surface area is 125 Å². The number of benzene rings is 1. The van der Waals surface area contributed by atoms with Gasteiger partial charge in [-0.3, -0.25) is 9.48 Å². The van der Waals surface area contributed by atoms with Crippen LogP contribution in [0.4, 0.5) is 0 Å². The highest BCUT2D eigenvalue weighted by molar-refractivity contribution is 6.37. The Morgan fingerprint density at radius 2 is 2.00 bits per heavy atom. The lowest BCUT2D eigenvalue weighted by atomic mass is 10.1. The fraction of sp³-hybridized carbons (Fsp3) is 0.0769. The fourth-order valence-corrected chi connectivity index (χ4v) is 2.27. The summed E-state index contributed by atoms with van der Waals surface area (Å²) >= 11 is 17.7. The van der Waals surface area contributed by atoms with E-state index in [0.717, 1.165) is 0 Å². The number of allylic oxidation sites excluding steroid dienone is 1. The molecule has 1 aromatic carbocycles. The predicted molar refractivity (Wildman–Crippen MR) is 78.0 cm³/mol. The van der Waals surface area contributed by atoms with Crippen molar-refractivity contribution in [1.29, 1.82) is 0 Å². The van der Waals surface area contributed by atoms with Crippen molar-refractivity contribution in [2.24, 2.45) is 7.05 Å². The monoisotopic (exact) mass is 314 g/mol. The molecule has 0 radical (unpaired) electrons. The highest BCUT2D eigenvalue weighted by Gasteiger charge is 2.09. The Kier molecular flexibility index (Phi) is 4.30. The van der Waals surface area contributed by atoms with Crippen molar-refractivity contribution in [2.45, 2.75) is 0 Å². The van der Waals surface area contributed by atoms with E-state index in [0.29, 0.717) is 26.3 Å². The summed E-state index contributed by atoms with van der Waals surface area (Å²) in [5.41, 5.74) is 1.04. The van der Waals surface area contributed by atoms with Crippen LogP contribution in [0.3, 0.4) is 0 Å². The third-order valence-corrected chi connectivity index (χ3v) is 3.37. The number of aryl methyl sites for hydroxylation is 1. The fourth-order valence-electron chi connectivity index (χ4n) is 1.54. The third-order valence-electron chi connectivity index (χ3n) is 2.53. The van der Waals surface area contributed by atoms with Crippen LogP contribution in [0.15, 0.2) is 30.5 Å². The smallest absolute Gasteiger partial charge is 0.187 e. The van der Waals surface area contributed by atoms with Gasteiger partial charge in [0.15, 0.2) is 5.78 Å². The maximum Gasteiger partial charge on any atom is 0.187 e. The first-order valence-electron chi connectivity index (χ1n) is 5.34. The van der Waals surface area contributed by atoms with Crippen molar-refractivity contribution in [3.8, 4) is 0 Å². The number of ketones is 1. The molecular formula is C13H9Cl3N2O. The zero-order valence-electron chi connectivity index (χ0n) is 9.90. The summed E-state index contributed by atoms with van der Waals surface area (Å²) in [7, 11) is 1.74. The zero-order chi connectivity index (χ0) is 14.0. The van der Waals surface area contributed by atoms with E-state index in [9.17, 15) is 4.79 Å². The van der Waals surface area contributed by atoms with Crippen LogP contribution in [-0.4, -0.2) is 15.6 Å². The Balaban J connectivity index is 2.26. The first kappa shape index (κ1) is 14.1. The average Bonchev–Trinajstić information content (AvgIpc) is 2.66. The van der Waals surface area contributed by atoms with Gasteiger partial charge in [0.05, 0.1) is 21.9 Å². The summed E-state index contributed by atoms with van der Waals surface area (Å²) in [6.45, 7) is 0. The van der Waals surface area contributed by atoms with Crippen LogP contribution in [0.25, 0.3) is 6.08 Å². The van der Waals surface area contributed by atoms with Crippen LogP contribution in [0.5, 0.6) is 0 Å². The molecule has 0 atom stereocenters. The molecule has 0 amide bonds. The summed E-state index contributed by atoms with van der Waals surface area (Å²) < 4.78 is 1.58. The maximum atomic E-state index is 12.0. The maximum absolute atomic E-state index is 12.0. The normalized spacial score (nSPS) is 11.2. The van der Waals surface area contributed by atoms with Gasteiger partial charge in [-0.15, -0.1) is 0 Å². The molecule has 0 saturated carbocycles. The van der Waals surface area contributed by atoms with Gasteiger partial charge in [0.1, 0.15) is 0 Å². The standard InChI is InChI=1S/C13H9Cl3N2O/c1-18-12(11(16)7-17-18)4-5-13(19)9-3-2-8(14)6-10(9)15/h2-7H,1H3/b5-4+. The highest BCUT2D eigenvalue weighted by Crippen LogP contribution is 2.22. The third kappa shape index (κ3) is 3.18. The van der Waals surface area contributed by atoms with Gasteiger partial charge in [-0.05, 0) is 30.4 Å². The van der Waals surface area contributed by atoms with Gasteiger partial charge in [-0.25, -0.2) is 0 Å². The SMILES string of the molecule is Cn1ncc(Cl)c1/C=C/C(=O)c1ccc(Cl)cc1Cl. The molecule has 0 aliphatic carbocycles. The van der Waals surface area contributed by atoms with Gasteiger partial charge in [-0.2, -0.15) is 5.10 Å². The highest BCUT2D eigenvalue weighted by atomic mass is 35.5. The molecule has 3 nitrogen and oxygen atoms in total. The molecule has 6 heteroatoms. The second-order valence-electron chi connectivity index (χ2n) is 3.82. The van der Waals surface area contributed by atoms with E-state index in [2.05, 4.69) is 5.10 Å².